The number of aliphatic carboxylic acids is 1. The topological polar surface area (TPSA) is 37.3 Å². The van der Waals surface area contributed by atoms with Gasteiger partial charge in [0.1, 0.15) is 0 Å². The lowest BCUT2D eigenvalue weighted by atomic mass is 10.1. The lowest BCUT2D eigenvalue weighted by Crippen LogP contribution is -2.03. The Morgan fingerprint density at radius 2 is 1.82 bits per heavy atom. The van der Waals surface area contributed by atoms with Gasteiger partial charge in [-0.05, 0) is 24.1 Å². The fourth-order valence-electron chi connectivity index (χ4n) is 1.21. The van der Waals surface area contributed by atoms with Gasteiger partial charge in [-0.25, -0.2) is 0 Å². The van der Waals surface area contributed by atoms with Crippen LogP contribution >= 0.6 is 0 Å². The van der Waals surface area contributed by atoms with Gasteiger partial charge >= 0.3 is 12.1 Å². The zero-order valence-corrected chi connectivity index (χ0v) is 8.87. The fraction of sp³-hybridized carbons (Fsp3) is 0.250. The van der Waals surface area contributed by atoms with Crippen LogP contribution < -0.4 is 0 Å². The van der Waals surface area contributed by atoms with Crippen LogP contribution in [-0.4, -0.2) is 11.1 Å². The molecule has 1 aromatic carbocycles. The highest BCUT2D eigenvalue weighted by Gasteiger charge is 2.29. The van der Waals surface area contributed by atoms with Gasteiger partial charge in [0.15, 0.2) is 0 Å². The maximum Gasteiger partial charge on any atom is 0.416 e. The summed E-state index contributed by atoms with van der Waals surface area (Å²) in [5.74, 6) is -0.901. The number of carbonyl (C=O) groups is 1. The van der Waals surface area contributed by atoms with E-state index in [0.29, 0.717) is 12.0 Å². The first kappa shape index (κ1) is 13.3. The van der Waals surface area contributed by atoms with Crippen LogP contribution in [0.15, 0.2) is 30.3 Å². The summed E-state index contributed by atoms with van der Waals surface area (Å²) in [6.07, 6.45) is -0.737. The van der Waals surface area contributed by atoms with Crippen LogP contribution in [0.2, 0.25) is 0 Å². The smallest absolute Gasteiger partial charge is 0.416 e. The van der Waals surface area contributed by atoms with Gasteiger partial charge in [0, 0.05) is 6.42 Å². The van der Waals surface area contributed by atoms with Crippen molar-refractivity contribution in [2.45, 2.75) is 19.0 Å². The predicted octanol–water partition coefficient (Wildman–Crippen LogP) is 3.58. The van der Waals surface area contributed by atoms with E-state index in [0.717, 1.165) is 12.1 Å². The second kappa shape index (κ2) is 5.52. The molecule has 0 aliphatic carbocycles. The van der Waals surface area contributed by atoms with Crippen molar-refractivity contribution in [3.63, 3.8) is 0 Å². The van der Waals surface area contributed by atoms with E-state index in [2.05, 4.69) is 0 Å². The number of benzene rings is 1. The first-order valence-electron chi connectivity index (χ1n) is 4.95. The minimum absolute atomic E-state index is 0.0110. The van der Waals surface area contributed by atoms with Crippen molar-refractivity contribution < 1.29 is 23.1 Å². The van der Waals surface area contributed by atoms with Gasteiger partial charge in [-0.2, -0.15) is 13.2 Å². The third kappa shape index (κ3) is 4.72. The van der Waals surface area contributed by atoms with Crippen LogP contribution in [0.5, 0.6) is 0 Å². The summed E-state index contributed by atoms with van der Waals surface area (Å²) in [6.45, 7) is 0. The number of carboxylic acids is 1. The van der Waals surface area contributed by atoms with E-state index in [1.165, 1.54) is 12.1 Å². The van der Waals surface area contributed by atoms with Crippen molar-refractivity contribution in [1.29, 1.82) is 0 Å². The second-order valence-electron chi connectivity index (χ2n) is 3.45. The molecule has 5 heteroatoms. The van der Waals surface area contributed by atoms with E-state index in [-0.39, 0.29) is 6.42 Å². The van der Waals surface area contributed by atoms with Gasteiger partial charge in [-0.15, -0.1) is 0 Å². The molecule has 1 aromatic rings. The van der Waals surface area contributed by atoms with Gasteiger partial charge in [-0.3, -0.25) is 4.79 Å². The average Bonchev–Trinajstić information content (AvgIpc) is 2.23. The summed E-state index contributed by atoms with van der Waals surface area (Å²) >= 11 is 0. The van der Waals surface area contributed by atoms with E-state index in [1.807, 2.05) is 0 Å². The lowest BCUT2D eigenvalue weighted by Gasteiger charge is -2.05. The summed E-state index contributed by atoms with van der Waals surface area (Å²) in [7, 11) is 0. The van der Waals surface area contributed by atoms with E-state index in [9.17, 15) is 18.0 Å². The molecule has 2 nitrogen and oxygen atoms in total. The maximum atomic E-state index is 12.2. The van der Waals surface area contributed by atoms with E-state index in [1.54, 1.807) is 12.2 Å². The second-order valence-corrected chi connectivity index (χ2v) is 3.45. The van der Waals surface area contributed by atoms with Crippen LogP contribution in [0.25, 0.3) is 6.08 Å². The molecule has 0 fully saturated rings. The first-order chi connectivity index (χ1) is 7.89. The first-order valence-corrected chi connectivity index (χ1v) is 4.95. The summed E-state index contributed by atoms with van der Waals surface area (Å²) in [4.78, 5) is 10.2. The van der Waals surface area contributed by atoms with Crippen LogP contribution in [-0.2, 0) is 11.0 Å². The van der Waals surface area contributed by atoms with E-state index in [4.69, 9.17) is 5.11 Å². The van der Waals surface area contributed by atoms with Gasteiger partial charge in [0.2, 0.25) is 0 Å². The molecule has 0 spiro atoms. The van der Waals surface area contributed by atoms with Crippen molar-refractivity contribution in [1.82, 2.24) is 0 Å². The molecule has 0 unspecified atom stereocenters. The fourth-order valence-corrected chi connectivity index (χ4v) is 1.21. The highest BCUT2D eigenvalue weighted by Crippen LogP contribution is 2.29. The Kier molecular flexibility index (Phi) is 4.31. The molecule has 0 saturated heterocycles. The zero-order chi connectivity index (χ0) is 12.9. The Morgan fingerprint density at radius 1 is 1.24 bits per heavy atom. The zero-order valence-electron chi connectivity index (χ0n) is 8.87. The molecule has 0 heterocycles. The van der Waals surface area contributed by atoms with Crippen LogP contribution in [0, 0.1) is 0 Å². The number of alkyl halides is 3. The number of carboxylic acid groups (broad SMARTS) is 1. The molecule has 0 aliphatic heterocycles. The van der Waals surface area contributed by atoms with Gasteiger partial charge in [0.05, 0.1) is 5.56 Å². The Labute approximate surface area is 96.4 Å². The van der Waals surface area contributed by atoms with Crippen molar-refractivity contribution in [2.75, 3.05) is 0 Å². The quantitative estimate of drug-likeness (QED) is 0.878. The average molecular weight is 244 g/mol. The van der Waals surface area contributed by atoms with E-state index < -0.39 is 17.7 Å². The number of hydrogen-bond donors (Lipinski definition) is 1. The van der Waals surface area contributed by atoms with Crippen molar-refractivity contribution in [2.24, 2.45) is 0 Å². The minimum atomic E-state index is -4.33. The molecule has 0 aromatic heterocycles. The van der Waals surface area contributed by atoms with Crippen molar-refractivity contribution in [3.8, 4) is 0 Å². The highest BCUT2D eigenvalue weighted by molar-refractivity contribution is 5.67. The Hall–Kier alpha value is -1.78. The number of halogens is 3. The Balaban J connectivity index is 2.60. The molecule has 1 rings (SSSR count). The van der Waals surface area contributed by atoms with Crippen LogP contribution in [0.4, 0.5) is 13.2 Å². The third-order valence-electron chi connectivity index (χ3n) is 2.07. The SMILES string of the molecule is O=C(O)CC/C=C/c1ccc(C(F)(F)F)cc1. The maximum absolute atomic E-state index is 12.2. The third-order valence-corrected chi connectivity index (χ3v) is 2.07. The molecule has 0 bridgehead atoms. The van der Waals surface area contributed by atoms with Crippen molar-refractivity contribution >= 4 is 12.0 Å². The summed E-state index contributed by atoms with van der Waals surface area (Å²) in [6, 6.07) is 4.69. The normalized spacial score (nSPS) is 11.9. The van der Waals surface area contributed by atoms with Crippen molar-refractivity contribution in [3.05, 3.63) is 41.5 Å². The molecule has 0 atom stereocenters. The number of rotatable bonds is 4. The molecular formula is C12H11F3O2. The van der Waals surface area contributed by atoms with Gasteiger partial charge < -0.3 is 5.11 Å². The van der Waals surface area contributed by atoms with Gasteiger partial charge in [0.25, 0.3) is 0 Å². The molecule has 0 saturated carbocycles. The molecule has 1 N–H and O–H groups in total. The van der Waals surface area contributed by atoms with E-state index >= 15 is 0 Å². The number of allylic oxidation sites excluding steroid dienone is 1. The number of hydrogen-bond acceptors (Lipinski definition) is 1. The van der Waals surface area contributed by atoms with Crippen LogP contribution in [0.1, 0.15) is 24.0 Å². The Morgan fingerprint density at radius 3 is 2.29 bits per heavy atom. The molecule has 0 amide bonds. The minimum Gasteiger partial charge on any atom is -0.481 e. The molecular weight excluding hydrogens is 233 g/mol. The largest absolute Gasteiger partial charge is 0.481 e. The Bertz CT molecular complexity index is 405. The molecule has 92 valence electrons. The predicted molar refractivity (Wildman–Crippen MR) is 57.3 cm³/mol. The summed E-state index contributed by atoms with van der Waals surface area (Å²) < 4.78 is 36.7. The molecule has 0 aliphatic rings. The van der Waals surface area contributed by atoms with Gasteiger partial charge in [-0.1, -0.05) is 24.3 Å². The van der Waals surface area contributed by atoms with Crippen LogP contribution in [0.3, 0.4) is 0 Å². The standard InChI is InChI=1S/C12H11F3O2/c13-12(14,15)10-7-5-9(6-8-10)3-1-2-4-11(16)17/h1,3,5-8H,2,4H2,(H,16,17)/b3-1+. The lowest BCUT2D eigenvalue weighted by molar-refractivity contribution is -0.138. The molecule has 17 heavy (non-hydrogen) atoms. The highest BCUT2D eigenvalue weighted by atomic mass is 19.4. The summed E-state index contributed by atoms with van der Waals surface area (Å²) in [5, 5.41) is 8.38. The summed E-state index contributed by atoms with van der Waals surface area (Å²) in [5.41, 5.74) is -0.0800. The molecule has 0 radical (unpaired) electrons. The monoisotopic (exact) mass is 244 g/mol.